The van der Waals surface area contributed by atoms with Crippen molar-refractivity contribution in [3.63, 3.8) is 0 Å². The molecule has 23 heavy (non-hydrogen) atoms. The van der Waals surface area contributed by atoms with Gasteiger partial charge in [0.2, 0.25) is 0 Å². The second-order valence-corrected chi connectivity index (χ2v) is 5.52. The standard InChI is InChI=1S/C16H17F3N4/c1-11-20-14(10-15(21-11)23-8-4-5-9-23)22-13-7-3-2-6-12(13)16(17,18)19/h2-3,6-7,10H,4-5,8-9H2,1H3,(H,20,21,22). The second-order valence-electron chi connectivity index (χ2n) is 5.52. The van der Waals surface area contributed by atoms with Crippen molar-refractivity contribution < 1.29 is 13.2 Å². The predicted molar refractivity (Wildman–Crippen MR) is 82.9 cm³/mol. The van der Waals surface area contributed by atoms with Gasteiger partial charge in [0.1, 0.15) is 17.5 Å². The van der Waals surface area contributed by atoms with Gasteiger partial charge in [-0.25, -0.2) is 9.97 Å². The Hall–Kier alpha value is -2.31. The van der Waals surface area contributed by atoms with E-state index in [1.54, 1.807) is 19.1 Å². The summed E-state index contributed by atoms with van der Waals surface area (Å²) in [5.74, 6) is 1.65. The average Bonchev–Trinajstić information content (AvgIpc) is 3.00. The van der Waals surface area contributed by atoms with Crippen molar-refractivity contribution in [3.8, 4) is 0 Å². The number of aromatic nitrogens is 2. The van der Waals surface area contributed by atoms with Crippen LogP contribution in [0.2, 0.25) is 0 Å². The van der Waals surface area contributed by atoms with Crippen LogP contribution in [-0.2, 0) is 6.18 Å². The summed E-state index contributed by atoms with van der Waals surface area (Å²) in [5, 5.41) is 2.79. The number of aryl methyl sites for hydroxylation is 1. The Bertz CT molecular complexity index is 694. The molecule has 4 nitrogen and oxygen atoms in total. The van der Waals surface area contributed by atoms with Gasteiger partial charge in [-0.3, -0.25) is 0 Å². The molecule has 7 heteroatoms. The van der Waals surface area contributed by atoms with E-state index in [4.69, 9.17) is 0 Å². The quantitative estimate of drug-likeness (QED) is 0.922. The van der Waals surface area contributed by atoms with Gasteiger partial charge in [0.15, 0.2) is 0 Å². The van der Waals surface area contributed by atoms with Crippen LogP contribution in [0.25, 0.3) is 0 Å². The van der Waals surface area contributed by atoms with Crippen molar-refractivity contribution in [2.75, 3.05) is 23.3 Å². The van der Waals surface area contributed by atoms with E-state index in [0.29, 0.717) is 11.6 Å². The minimum absolute atomic E-state index is 0.00882. The van der Waals surface area contributed by atoms with E-state index in [-0.39, 0.29) is 5.69 Å². The van der Waals surface area contributed by atoms with Crippen LogP contribution in [0, 0.1) is 6.92 Å². The summed E-state index contributed by atoms with van der Waals surface area (Å²) >= 11 is 0. The van der Waals surface area contributed by atoms with Crippen molar-refractivity contribution in [2.45, 2.75) is 25.9 Å². The first-order valence-electron chi connectivity index (χ1n) is 7.47. The number of hydrogen-bond acceptors (Lipinski definition) is 4. The Labute approximate surface area is 132 Å². The van der Waals surface area contributed by atoms with Crippen LogP contribution in [0.5, 0.6) is 0 Å². The first-order chi connectivity index (χ1) is 10.9. The molecule has 0 saturated carbocycles. The average molecular weight is 322 g/mol. The Kier molecular flexibility index (Phi) is 4.11. The highest BCUT2D eigenvalue weighted by Crippen LogP contribution is 2.35. The molecular weight excluding hydrogens is 305 g/mol. The molecule has 1 aliphatic rings. The highest BCUT2D eigenvalue weighted by molar-refractivity contribution is 5.63. The zero-order valence-electron chi connectivity index (χ0n) is 12.7. The molecule has 0 amide bonds. The minimum Gasteiger partial charge on any atom is -0.356 e. The fraction of sp³-hybridized carbons (Fsp3) is 0.375. The molecule has 0 spiro atoms. The molecule has 1 aromatic heterocycles. The fourth-order valence-electron chi connectivity index (χ4n) is 2.70. The Balaban J connectivity index is 1.92. The summed E-state index contributed by atoms with van der Waals surface area (Å²) in [6.45, 7) is 3.56. The van der Waals surface area contributed by atoms with Gasteiger partial charge in [-0.2, -0.15) is 13.2 Å². The fourth-order valence-corrected chi connectivity index (χ4v) is 2.70. The predicted octanol–water partition coefficient (Wildman–Crippen LogP) is 4.15. The van der Waals surface area contributed by atoms with Crippen molar-refractivity contribution in [3.05, 3.63) is 41.7 Å². The van der Waals surface area contributed by atoms with Gasteiger partial charge in [-0.05, 0) is 31.9 Å². The van der Waals surface area contributed by atoms with E-state index >= 15 is 0 Å². The lowest BCUT2D eigenvalue weighted by atomic mass is 10.1. The summed E-state index contributed by atoms with van der Waals surface area (Å²) in [5.41, 5.74) is -0.718. The summed E-state index contributed by atoms with van der Waals surface area (Å²) in [7, 11) is 0. The number of hydrogen-bond donors (Lipinski definition) is 1. The van der Waals surface area contributed by atoms with E-state index in [0.717, 1.165) is 37.8 Å². The third-order valence-electron chi connectivity index (χ3n) is 3.75. The number of nitrogens with one attached hydrogen (secondary N) is 1. The maximum absolute atomic E-state index is 13.1. The Morgan fingerprint density at radius 2 is 1.78 bits per heavy atom. The van der Waals surface area contributed by atoms with Crippen molar-refractivity contribution in [1.29, 1.82) is 0 Å². The molecular formula is C16H17F3N4. The van der Waals surface area contributed by atoms with Gasteiger partial charge in [0.25, 0.3) is 0 Å². The van der Waals surface area contributed by atoms with E-state index in [2.05, 4.69) is 20.2 Å². The molecule has 0 bridgehead atoms. The Morgan fingerprint density at radius 1 is 1.09 bits per heavy atom. The normalized spacial score (nSPS) is 15.0. The molecule has 2 heterocycles. The molecule has 1 fully saturated rings. The van der Waals surface area contributed by atoms with Crippen LogP contribution in [-0.4, -0.2) is 23.1 Å². The van der Waals surface area contributed by atoms with Crippen molar-refractivity contribution in [1.82, 2.24) is 9.97 Å². The maximum atomic E-state index is 13.1. The lowest BCUT2D eigenvalue weighted by Gasteiger charge is -2.19. The maximum Gasteiger partial charge on any atom is 0.418 e. The molecule has 0 atom stereocenters. The Morgan fingerprint density at radius 3 is 2.48 bits per heavy atom. The molecule has 1 N–H and O–H groups in total. The van der Waals surface area contributed by atoms with Gasteiger partial charge in [0, 0.05) is 19.2 Å². The number of benzene rings is 1. The molecule has 122 valence electrons. The van der Waals surface area contributed by atoms with Gasteiger partial charge >= 0.3 is 6.18 Å². The van der Waals surface area contributed by atoms with E-state index in [1.807, 2.05) is 0 Å². The molecule has 1 aromatic carbocycles. The summed E-state index contributed by atoms with van der Waals surface area (Å²) in [6.07, 6.45) is -2.21. The summed E-state index contributed by atoms with van der Waals surface area (Å²) in [4.78, 5) is 10.7. The number of halogens is 3. The molecule has 0 radical (unpaired) electrons. The van der Waals surface area contributed by atoms with Crippen LogP contribution in [0.3, 0.4) is 0 Å². The van der Waals surface area contributed by atoms with Crippen molar-refractivity contribution in [2.24, 2.45) is 0 Å². The number of alkyl halides is 3. The number of nitrogens with zero attached hydrogens (tertiary/aromatic N) is 3. The SMILES string of the molecule is Cc1nc(Nc2ccccc2C(F)(F)F)cc(N2CCCC2)n1. The summed E-state index contributed by atoms with van der Waals surface area (Å²) < 4.78 is 39.2. The van der Waals surface area contributed by atoms with Crippen molar-refractivity contribution >= 4 is 17.3 Å². The van der Waals surface area contributed by atoms with Gasteiger partial charge < -0.3 is 10.2 Å². The van der Waals surface area contributed by atoms with E-state index in [1.165, 1.54) is 12.1 Å². The number of para-hydroxylation sites is 1. The van der Waals surface area contributed by atoms with Gasteiger partial charge in [0.05, 0.1) is 11.3 Å². The third kappa shape index (κ3) is 3.55. The molecule has 0 aliphatic carbocycles. The largest absolute Gasteiger partial charge is 0.418 e. The van der Waals surface area contributed by atoms with E-state index < -0.39 is 11.7 Å². The van der Waals surface area contributed by atoms with Gasteiger partial charge in [-0.1, -0.05) is 12.1 Å². The lowest BCUT2D eigenvalue weighted by Crippen LogP contribution is -2.20. The highest BCUT2D eigenvalue weighted by Gasteiger charge is 2.33. The third-order valence-corrected chi connectivity index (χ3v) is 3.75. The molecule has 1 aliphatic heterocycles. The second kappa shape index (κ2) is 6.06. The lowest BCUT2D eigenvalue weighted by molar-refractivity contribution is -0.136. The molecule has 0 unspecified atom stereocenters. The molecule has 2 aromatic rings. The minimum atomic E-state index is -4.41. The van der Waals surface area contributed by atoms with Crippen LogP contribution in [0.15, 0.2) is 30.3 Å². The number of anilines is 3. The van der Waals surface area contributed by atoms with E-state index in [9.17, 15) is 13.2 Å². The van der Waals surface area contributed by atoms with Gasteiger partial charge in [-0.15, -0.1) is 0 Å². The van der Waals surface area contributed by atoms with Crippen LogP contribution in [0.1, 0.15) is 24.2 Å². The topological polar surface area (TPSA) is 41.1 Å². The van der Waals surface area contributed by atoms with Crippen LogP contribution >= 0.6 is 0 Å². The first kappa shape index (κ1) is 15.6. The number of rotatable bonds is 3. The molecule has 1 saturated heterocycles. The zero-order chi connectivity index (χ0) is 16.4. The smallest absolute Gasteiger partial charge is 0.356 e. The first-order valence-corrected chi connectivity index (χ1v) is 7.47. The molecule has 3 rings (SSSR count). The van der Waals surface area contributed by atoms with Crippen LogP contribution < -0.4 is 10.2 Å². The zero-order valence-corrected chi connectivity index (χ0v) is 12.7. The highest BCUT2D eigenvalue weighted by atomic mass is 19.4. The monoisotopic (exact) mass is 322 g/mol. The van der Waals surface area contributed by atoms with Crippen LogP contribution in [0.4, 0.5) is 30.5 Å². The summed E-state index contributed by atoms with van der Waals surface area (Å²) in [6, 6.07) is 7.08.